The second-order valence-electron chi connectivity index (χ2n) is 2.15. The Morgan fingerprint density at radius 3 is 2.56 bits per heavy atom. The van der Waals surface area contributed by atoms with Gasteiger partial charge >= 0.3 is 6.09 Å². The van der Waals surface area contributed by atoms with E-state index < -0.39 is 12.2 Å². The molecule has 0 aromatic rings. The summed E-state index contributed by atoms with van der Waals surface area (Å²) in [6.07, 6.45) is -1.14. The van der Waals surface area contributed by atoms with Crippen LogP contribution in [0.15, 0.2) is 0 Å². The van der Waals surface area contributed by atoms with Crippen LogP contribution >= 0.6 is 0 Å². The highest BCUT2D eigenvalue weighted by molar-refractivity contribution is 5.64. The van der Waals surface area contributed by atoms with Crippen LogP contribution in [-0.2, 0) is 5.11 Å². The average Bonchev–Trinajstić information content (AvgIpc) is 2.14. The Balaban J connectivity index is 2.39. The van der Waals surface area contributed by atoms with E-state index in [0.717, 1.165) is 4.90 Å². The number of likely N-dealkylation sites (tertiary alicyclic amines) is 1. The molecule has 1 unspecified atom stereocenters. The Kier molecular flexibility index (Phi) is 1.57. The molecule has 1 N–H and O–H groups in total. The number of amides is 1. The molecule has 4 nitrogen and oxygen atoms in total. The van der Waals surface area contributed by atoms with Crippen LogP contribution in [0, 0.1) is 0 Å². The summed E-state index contributed by atoms with van der Waals surface area (Å²) < 4.78 is 0. The molecule has 1 fully saturated rings. The lowest BCUT2D eigenvalue weighted by atomic mass is 10.3. The summed E-state index contributed by atoms with van der Waals surface area (Å²) in [7, 11) is 0. The zero-order chi connectivity index (χ0) is 6.85. The Labute approximate surface area is 52.7 Å². The Morgan fingerprint density at radius 1 is 1.67 bits per heavy atom. The topological polar surface area (TPSA) is 60.4 Å². The normalized spacial score (nSPS) is 26.8. The quantitative estimate of drug-likeness (QED) is 0.485. The number of β-amino-alcohol motifs (C(OH)–C–C–N with tert-alkyl or cyclic N) is 1. The van der Waals surface area contributed by atoms with Crippen LogP contribution in [-0.4, -0.2) is 35.3 Å². The van der Waals surface area contributed by atoms with Crippen molar-refractivity contribution in [3.63, 3.8) is 0 Å². The fraction of sp³-hybridized carbons (Fsp3) is 0.800. The standard InChI is InChI=1S/C5H8NO3/c7-4-1-2-6(3-4)5(8)9/h4,7H,1-3H2. The molecular weight excluding hydrogens is 122 g/mol. The smallest absolute Gasteiger partial charge is 0.391 e. The predicted molar refractivity (Wildman–Crippen MR) is 28.3 cm³/mol. The van der Waals surface area contributed by atoms with Gasteiger partial charge in [-0.25, -0.2) is 9.90 Å². The van der Waals surface area contributed by atoms with Gasteiger partial charge in [0.25, 0.3) is 0 Å². The van der Waals surface area contributed by atoms with Crippen molar-refractivity contribution in [2.24, 2.45) is 0 Å². The molecular formula is C5H8NO3. The van der Waals surface area contributed by atoms with Gasteiger partial charge in [0, 0.05) is 6.54 Å². The van der Waals surface area contributed by atoms with Gasteiger partial charge in [0.05, 0.1) is 12.6 Å². The summed E-state index contributed by atoms with van der Waals surface area (Å²) in [5.74, 6) is 0. The largest absolute Gasteiger partial charge is 0.453 e. The van der Waals surface area contributed by atoms with Gasteiger partial charge in [-0.1, -0.05) is 0 Å². The van der Waals surface area contributed by atoms with E-state index in [4.69, 9.17) is 5.11 Å². The van der Waals surface area contributed by atoms with Gasteiger partial charge < -0.3 is 10.0 Å². The van der Waals surface area contributed by atoms with Gasteiger partial charge in [0.2, 0.25) is 0 Å². The Hall–Kier alpha value is -0.770. The molecule has 51 valence electrons. The summed E-state index contributed by atoms with van der Waals surface area (Å²) in [5.41, 5.74) is 0. The molecule has 0 spiro atoms. The molecule has 1 heterocycles. The summed E-state index contributed by atoms with van der Waals surface area (Å²) in [5, 5.41) is 18.9. The number of aliphatic hydroxyl groups excluding tert-OH is 1. The van der Waals surface area contributed by atoms with Crippen molar-refractivity contribution in [2.45, 2.75) is 12.5 Å². The molecule has 1 aliphatic rings. The molecule has 4 heteroatoms. The monoisotopic (exact) mass is 130 g/mol. The third-order valence-corrected chi connectivity index (χ3v) is 1.42. The van der Waals surface area contributed by atoms with Crippen molar-refractivity contribution in [3.05, 3.63) is 0 Å². The molecule has 1 rings (SSSR count). The van der Waals surface area contributed by atoms with E-state index in [2.05, 4.69) is 0 Å². The van der Waals surface area contributed by atoms with Gasteiger partial charge in [-0.2, -0.15) is 0 Å². The summed E-state index contributed by atoms with van der Waals surface area (Å²) in [4.78, 5) is 11.2. The highest BCUT2D eigenvalue weighted by Gasteiger charge is 2.24. The van der Waals surface area contributed by atoms with Crippen LogP contribution in [0.25, 0.3) is 0 Å². The molecule has 0 aromatic carbocycles. The van der Waals surface area contributed by atoms with Gasteiger partial charge in [-0.15, -0.1) is 0 Å². The molecule has 1 saturated heterocycles. The van der Waals surface area contributed by atoms with Crippen molar-refractivity contribution in [3.8, 4) is 0 Å². The third-order valence-electron chi connectivity index (χ3n) is 1.42. The van der Waals surface area contributed by atoms with E-state index >= 15 is 0 Å². The fourth-order valence-corrected chi connectivity index (χ4v) is 0.908. The molecule has 1 aliphatic heterocycles. The maximum Gasteiger partial charge on any atom is 0.453 e. The number of rotatable bonds is 0. The van der Waals surface area contributed by atoms with Crippen molar-refractivity contribution < 1.29 is 15.0 Å². The first-order valence-electron chi connectivity index (χ1n) is 2.84. The molecule has 9 heavy (non-hydrogen) atoms. The van der Waals surface area contributed by atoms with Crippen LogP contribution in [0.5, 0.6) is 0 Å². The Bertz CT molecular complexity index is 125. The summed E-state index contributed by atoms with van der Waals surface area (Å²) >= 11 is 0. The minimum atomic E-state index is -1.19. The number of carbonyl (C=O) groups is 1. The number of hydrogen-bond donors (Lipinski definition) is 1. The van der Waals surface area contributed by atoms with Crippen molar-refractivity contribution in [1.29, 1.82) is 0 Å². The number of aliphatic hydroxyl groups is 1. The minimum absolute atomic E-state index is 0.211. The lowest BCUT2D eigenvalue weighted by Crippen LogP contribution is -2.26. The molecule has 1 radical (unpaired) electrons. The second-order valence-corrected chi connectivity index (χ2v) is 2.15. The minimum Gasteiger partial charge on any atom is -0.391 e. The predicted octanol–water partition coefficient (Wildman–Crippen LogP) is -0.397. The van der Waals surface area contributed by atoms with E-state index in [1.54, 1.807) is 0 Å². The highest BCUT2D eigenvalue weighted by atomic mass is 16.4. The van der Waals surface area contributed by atoms with Crippen LogP contribution in [0.4, 0.5) is 4.79 Å². The molecule has 0 aliphatic carbocycles. The zero-order valence-electron chi connectivity index (χ0n) is 4.91. The maximum absolute atomic E-state index is 10.1. The van der Waals surface area contributed by atoms with E-state index in [0.29, 0.717) is 13.0 Å². The molecule has 0 bridgehead atoms. The lowest BCUT2D eigenvalue weighted by Gasteiger charge is -2.06. The summed E-state index contributed by atoms with van der Waals surface area (Å²) in [6, 6.07) is 0. The van der Waals surface area contributed by atoms with Gasteiger partial charge in [-0.05, 0) is 6.42 Å². The van der Waals surface area contributed by atoms with E-state index in [-0.39, 0.29) is 6.54 Å². The van der Waals surface area contributed by atoms with Crippen LogP contribution in [0.2, 0.25) is 0 Å². The molecule has 0 saturated carbocycles. The number of nitrogens with zero attached hydrogens (tertiary/aromatic N) is 1. The maximum atomic E-state index is 10.1. The van der Waals surface area contributed by atoms with E-state index in [1.807, 2.05) is 0 Å². The van der Waals surface area contributed by atoms with Crippen LogP contribution in [0.3, 0.4) is 0 Å². The van der Waals surface area contributed by atoms with Gasteiger partial charge in [0.15, 0.2) is 0 Å². The fourth-order valence-electron chi connectivity index (χ4n) is 0.908. The SMILES string of the molecule is [O]C(=O)N1CCC(O)C1. The third kappa shape index (κ3) is 1.32. The first kappa shape index (κ1) is 6.35. The van der Waals surface area contributed by atoms with Crippen LogP contribution in [0.1, 0.15) is 6.42 Å². The van der Waals surface area contributed by atoms with Crippen LogP contribution < -0.4 is 0 Å². The first-order valence-corrected chi connectivity index (χ1v) is 2.84. The number of hydrogen-bond acceptors (Lipinski definition) is 2. The molecule has 0 aromatic heterocycles. The van der Waals surface area contributed by atoms with Gasteiger partial charge in [-0.3, -0.25) is 0 Å². The number of carbonyl (C=O) groups excluding carboxylic acids is 1. The average molecular weight is 130 g/mol. The zero-order valence-corrected chi connectivity index (χ0v) is 4.91. The highest BCUT2D eigenvalue weighted by Crippen LogP contribution is 2.07. The second kappa shape index (κ2) is 2.23. The van der Waals surface area contributed by atoms with Crippen molar-refractivity contribution >= 4 is 6.09 Å². The molecule has 1 atom stereocenters. The Morgan fingerprint density at radius 2 is 2.33 bits per heavy atom. The molecule has 1 amide bonds. The van der Waals surface area contributed by atoms with E-state index in [9.17, 15) is 9.90 Å². The van der Waals surface area contributed by atoms with Crippen molar-refractivity contribution in [1.82, 2.24) is 4.90 Å². The lowest BCUT2D eigenvalue weighted by molar-refractivity contribution is 0.119. The van der Waals surface area contributed by atoms with Crippen molar-refractivity contribution in [2.75, 3.05) is 13.1 Å². The summed E-state index contributed by atoms with van der Waals surface area (Å²) in [6.45, 7) is 0.617. The first-order chi connectivity index (χ1) is 4.20. The van der Waals surface area contributed by atoms with Gasteiger partial charge in [0.1, 0.15) is 0 Å². The van der Waals surface area contributed by atoms with E-state index in [1.165, 1.54) is 0 Å².